The third kappa shape index (κ3) is 2.90. The van der Waals surface area contributed by atoms with E-state index in [0.29, 0.717) is 0 Å². The molecule has 1 N–H and O–H groups in total. The van der Waals surface area contributed by atoms with Gasteiger partial charge in [0.15, 0.2) is 4.77 Å². The summed E-state index contributed by atoms with van der Waals surface area (Å²) in [7, 11) is 0. The molecule has 1 aliphatic rings. The summed E-state index contributed by atoms with van der Waals surface area (Å²) >= 11 is 5.47. The number of rotatable bonds is 6. The van der Waals surface area contributed by atoms with Crippen molar-refractivity contribution in [2.45, 2.75) is 52.2 Å². The Bertz CT molecular complexity index is 652. The normalized spacial score (nSPS) is 15.2. The van der Waals surface area contributed by atoms with Crippen molar-refractivity contribution in [2.24, 2.45) is 5.92 Å². The van der Waals surface area contributed by atoms with Crippen LogP contribution < -0.4 is 4.74 Å². The second-order valence-corrected chi connectivity index (χ2v) is 6.37. The molecule has 1 fully saturated rings. The lowest BCUT2D eigenvalue weighted by molar-refractivity contribution is 0.245. The van der Waals surface area contributed by atoms with Crippen molar-refractivity contribution < 1.29 is 4.74 Å². The average Bonchev–Trinajstić information content (AvgIpc) is 3.15. The zero-order chi connectivity index (χ0) is 14.1. The standard InChI is InChI=1S/C16H22N2OS/c1-11(2)19-14-7-3-6-13-15(14)17-16(20)18(13)10-4-5-12-8-9-12/h3,6-7,11-12H,4-5,8-10H2,1-2H3,(H,17,20). The Morgan fingerprint density at radius 3 is 2.90 bits per heavy atom. The molecule has 1 heterocycles. The number of imidazole rings is 1. The van der Waals surface area contributed by atoms with Gasteiger partial charge in [-0.3, -0.25) is 0 Å². The Morgan fingerprint density at radius 2 is 2.20 bits per heavy atom. The van der Waals surface area contributed by atoms with Gasteiger partial charge >= 0.3 is 0 Å². The Morgan fingerprint density at radius 1 is 1.40 bits per heavy atom. The first-order valence-electron chi connectivity index (χ1n) is 7.53. The zero-order valence-electron chi connectivity index (χ0n) is 12.2. The fourth-order valence-electron chi connectivity index (χ4n) is 2.67. The summed E-state index contributed by atoms with van der Waals surface area (Å²) in [5.74, 6) is 1.87. The molecule has 108 valence electrons. The number of aromatic nitrogens is 2. The van der Waals surface area contributed by atoms with Gasteiger partial charge in [0.25, 0.3) is 0 Å². The number of nitrogens with one attached hydrogen (secondary N) is 1. The lowest BCUT2D eigenvalue weighted by Crippen LogP contribution is -2.05. The first-order chi connectivity index (χ1) is 9.65. The van der Waals surface area contributed by atoms with Crippen molar-refractivity contribution in [3.05, 3.63) is 23.0 Å². The van der Waals surface area contributed by atoms with Crippen molar-refractivity contribution in [3.8, 4) is 5.75 Å². The third-order valence-electron chi connectivity index (χ3n) is 3.83. The monoisotopic (exact) mass is 290 g/mol. The predicted octanol–water partition coefficient (Wildman–Crippen LogP) is 4.68. The van der Waals surface area contributed by atoms with Crippen LogP contribution in [-0.4, -0.2) is 15.7 Å². The van der Waals surface area contributed by atoms with Gasteiger partial charge in [-0.05, 0) is 57.0 Å². The maximum atomic E-state index is 5.86. The van der Waals surface area contributed by atoms with E-state index in [1.807, 2.05) is 26.0 Å². The number of benzene rings is 1. The van der Waals surface area contributed by atoms with E-state index in [2.05, 4.69) is 15.6 Å². The number of H-pyrrole nitrogens is 1. The first-order valence-corrected chi connectivity index (χ1v) is 7.94. The molecule has 0 aliphatic heterocycles. The van der Waals surface area contributed by atoms with E-state index in [1.165, 1.54) is 25.7 Å². The van der Waals surface area contributed by atoms with Crippen LogP contribution in [0.5, 0.6) is 5.75 Å². The Balaban J connectivity index is 1.87. The molecule has 4 heteroatoms. The van der Waals surface area contributed by atoms with Crippen LogP contribution in [0.15, 0.2) is 18.2 Å². The number of hydrogen-bond donors (Lipinski definition) is 1. The molecular weight excluding hydrogens is 268 g/mol. The number of aromatic amines is 1. The van der Waals surface area contributed by atoms with Gasteiger partial charge in [0.1, 0.15) is 11.3 Å². The van der Waals surface area contributed by atoms with Crippen molar-refractivity contribution >= 4 is 23.3 Å². The van der Waals surface area contributed by atoms with Crippen molar-refractivity contribution in [2.75, 3.05) is 0 Å². The van der Waals surface area contributed by atoms with Crippen LogP contribution in [0.1, 0.15) is 39.5 Å². The van der Waals surface area contributed by atoms with E-state index in [0.717, 1.165) is 34.0 Å². The number of para-hydroxylation sites is 1. The quantitative estimate of drug-likeness (QED) is 0.783. The Kier molecular flexibility index (Phi) is 3.83. The van der Waals surface area contributed by atoms with Gasteiger partial charge in [-0.2, -0.15) is 0 Å². The number of aryl methyl sites for hydroxylation is 1. The summed E-state index contributed by atoms with van der Waals surface area (Å²) in [5, 5.41) is 0. The molecule has 2 aromatic rings. The summed E-state index contributed by atoms with van der Waals surface area (Å²) in [4.78, 5) is 3.31. The highest BCUT2D eigenvalue weighted by Gasteiger charge is 2.20. The smallest absolute Gasteiger partial charge is 0.178 e. The molecule has 20 heavy (non-hydrogen) atoms. The maximum absolute atomic E-state index is 5.86. The van der Waals surface area contributed by atoms with E-state index in [9.17, 15) is 0 Å². The summed E-state index contributed by atoms with van der Waals surface area (Å²) in [6.07, 6.45) is 5.55. The first kappa shape index (κ1) is 13.7. The summed E-state index contributed by atoms with van der Waals surface area (Å²) < 4.78 is 8.87. The topological polar surface area (TPSA) is 29.9 Å². The number of ether oxygens (including phenoxy) is 1. The summed E-state index contributed by atoms with van der Waals surface area (Å²) in [6, 6.07) is 6.16. The highest BCUT2D eigenvalue weighted by Crippen LogP contribution is 2.34. The van der Waals surface area contributed by atoms with Gasteiger partial charge in [-0.1, -0.05) is 18.9 Å². The van der Waals surface area contributed by atoms with Crippen LogP contribution in [0.4, 0.5) is 0 Å². The van der Waals surface area contributed by atoms with Gasteiger partial charge in [-0.15, -0.1) is 0 Å². The minimum Gasteiger partial charge on any atom is -0.489 e. The molecule has 3 nitrogen and oxygen atoms in total. The minimum atomic E-state index is 0.167. The molecule has 0 spiro atoms. The van der Waals surface area contributed by atoms with Crippen LogP contribution in [0.25, 0.3) is 11.0 Å². The fraction of sp³-hybridized carbons (Fsp3) is 0.562. The third-order valence-corrected chi connectivity index (χ3v) is 4.15. The highest BCUT2D eigenvalue weighted by molar-refractivity contribution is 7.71. The molecule has 0 radical (unpaired) electrons. The molecule has 1 saturated carbocycles. The van der Waals surface area contributed by atoms with Crippen molar-refractivity contribution in [1.82, 2.24) is 9.55 Å². The molecule has 1 aromatic heterocycles. The largest absolute Gasteiger partial charge is 0.489 e. The molecule has 1 aliphatic carbocycles. The van der Waals surface area contributed by atoms with E-state index < -0.39 is 0 Å². The van der Waals surface area contributed by atoms with Crippen LogP contribution in [-0.2, 0) is 6.54 Å². The van der Waals surface area contributed by atoms with E-state index >= 15 is 0 Å². The average molecular weight is 290 g/mol. The summed E-state index contributed by atoms with van der Waals surface area (Å²) in [6.45, 7) is 5.08. The van der Waals surface area contributed by atoms with E-state index in [1.54, 1.807) is 0 Å². The number of nitrogens with zero attached hydrogens (tertiary/aromatic N) is 1. The van der Waals surface area contributed by atoms with Gasteiger partial charge < -0.3 is 14.3 Å². The van der Waals surface area contributed by atoms with Gasteiger partial charge in [0.2, 0.25) is 0 Å². The number of hydrogen-bond acceptors (Lipinski definition) is 2. The molecule has 0 unspecified atom stereocenters. The van der Waals surface area contributed by atoms with Gasteiger partial charge in [0.05, 0.1) is 11.6 Å². The molecule has 0 amide bonds. The van der Waals surface area contributed by atoms with Gasteiger partial charge in [-0.25, -0.2) is 0 Å². The second-order valence-electron chi connectivity index (χ2n) is 5.98. The van der Waals surface area contributed by atoms with Crippen LogP contribution in [0.2, 0.25) is 0 Å². The second kappa shape index (κ2) is 5.60. The SMILES string of the molecule is CC(C)Oc1cccc2c1[nH]c(=S)n2CCCC1CC1. The number of fused-ring (bicyclic) bond motifs is 1. The summed E-state index contributed by atoms with van der Waals surface area (Å²) in [5.41, 5.74) is 2.18. The molecule has 0 atom stereocenters. The predicted molar refractivity (Wildman–Crippen MR) is 84.8 cm³/mol. The van der Waals surface area contributed by atoms with E-state index in [-0.39, 0.29) is 6.10 Å². The Hall–Kier alpha value is -1.29. The Labute approximate surface area is 125 Å². The van der Waals surface area contributed by atoms with Gasteiger partial charge in [0, 0.05) is 6.54 Å². The molecule has 0 bridgehead atoms. The van der Waals surface area contributed by atoms with Crippen LogP contribution in [0, 0.1) is 10.7 Å². The van der Waals surface area contributed by atoms with Crippen molar-refractivity contribution in [1.29, 1.82) is 0 Å². The lowest BCUT2D eigenvalue weighted by Gasteiger charge is -2.10. The minimum absolute atomic E-state index is 0.167. The highest BCUT2D eigenvalue weighted by atomic mass is 32.1. The maximum Gasteiger partial charge on any atom is 0.178 e. The van der Waals surface area contributed by atoms with Crippen molar-refractivity contribution in [3.63, 3.8) is 0 Å². The molecule has 0 saturated heterocycles. The van der Waals surface area contributed by atoms with Crippen LogP contribution >= 0.6 is 12.2 Å². The fourth-order valence-corrected chi connectivity index (χ4v) is 2.96. The zero-order valence-corrected chi connectivity index (χ0v) is 13.0. The molecule has 3 rings (SSSR count). The lowest BCUT2D eigenvalue weighted by atomic mass is 10.2. The molecule has 1 aromatic carbocycles. The van der Waals surface area contributed by atoms with Crippen LogP contribution in [0.3, 0.4) is 0 Å². The van der Waals surface area contributed by atoms with E-state index in [4.69, 9.17) is 17.0 Å². The molecular formula is C16H22N2OS.